The molecule has 0 aromatic heterocycles. The maximum absolute atomic E-state index is 10.00. The molecule has 4 atom stereocenters. The van der Waals surface area contributed by atoms with Gasteiger partial charge in [-0.2, -0.15) is 5.43 Å². The largest absolute Gasteiger partial charge is 0.394 e. The molecule has 1 heterocycles. The van der Waals surface area contributed by atoms with Gasteiger partial charge >= 0.3 is 0 Å². The highest BCUT2D eigenvalue weighted by atomic mass is 32.1. The predicted octanol–water partition coefficient (Wildman–Crippen LogP) is -1.72. The van der Waals surface area contributed by atoms with Crippen LogP contribution in [0, 0.1) is 0 Å². The van der Waals surface area contributed by atoms with Crippen molar-refractivity contribution in [3.05, 3.63) is 30.3 Å². The monoisotopic (exact) mass is 329 g/mol. The van der Waals surface area contributed by atoms with Crippen LogP contribution < -0.4 is 16.2 Å². The van der Waals surface area contributed by atoms with E-state index in [2.05, 4.69) is 16.2 Å². The first-order chi connectivity index (χ1) is 10.5. The van der Waals surface area contributed by atoms with E-state index in [0.717, 1.165) is 5.69 Å². The summed E-state index contributed by atoms with van der Waals surface area (Å²) in [6, 6.07) is 9.14. The van der Waals surface area contributed by atoms with Gasteiger partial charge in [-0.1, -0.05) is 18.2 Å². The molecule has 0 spiro atoms. The summed E-state index contributed by atoms with van der Waals surface area (Å²) in [5.41, 5.74) is 4.23. The molecule has 0 radical (unpaired) electrons. The average molecular weight is 329 g/mol. The number of benzene rings is 1. The predicted molar refractivity (Wildman–Crippen MR) is 82.7 cm³/mol. The number of aliphatic hydroxyl groups excluding tert-OH is 4. The number of hydrogen-bond acceptors (Lipinski definition) is 7. The van der Waals surface area contributed by atoms with Crippen LogP contribution in [0.5, 0.6) is 0 Å². The molecule has 9 heteroatoms. The second-order valence-electron chi connectivity index (χ2n) is 4.89. The molecule has 1 aromatic rings. The molecule has 0 bridgehead atoms. The minimum Gasteiger partial charge on any atom is -0.394 e. The van der Waals surface area contributed by atoms with Crippen molar-refractivity contribution in [2.24, 2.45) is 0 Å². The Morgan fingerprint density at radius 1 is 1.23 bits per heavy atom. The summed E-state index contributed by atoms with van der Waals surface area (Å²) in [6.07, 6.45) is -3.78. The highest BCUT2D eigenvalue weighted by Crippen LogP contribution is 2.28. The number of para-hydroxylation sites is 1. The molecule has 8 nitrogen and oxygen atoms in total. The first-order valence-electron chi connectivity index (χ1n) is 6.67. The number of ether oxygens (including phenoxy) is 1. The zero-order valence-corrected chi connectivity index (χ0v) is 12.5. The third kappa shape index (κ3) is 3.52. The van der Waals surface area contributed by atoms with Gasteiger partial charge in [-0.15, -0.1) is 0 Å². The van der Waals surface area contributed by atoms with Crippen LogP contribution in [-0.4, -0.2) is 62.8 Å². The van der Waals surface area contributed by atoms with Crippen molar-refractivity contribution < 1.29 is 25.2 Å². The van der Waals surface area contributed by atoms with Crippen molar-refractivity contribution in [2.45, 2.75) is 24.0 Å². The van der Waals surface area contributed by atoms with Gasteiger partial charge in [0.1, 0.15) is 18.3 Å². The van der Waals surface area contributed by atoms with E-state index >= 15 is 0 Å². The third-order valence-corrected chi connectivity index (χ3v) is 3.58. The second-order valence-corrected chi connectivity index (χ2v) is 5.30. The average Bonchev–Trinajstić information content (AvgIpc) is 2.79. The van der Waals surface area contributed by atoms with Crippen LogP contribution in [-0.2, 0) is 4.74 Å². The summed E-state index contributed by atoms with van der Waals surface area (Å²) >= 11 is 5.08. The summed E-state index contributed by atoms with van der Waals surface area (Å²) < 4.78 is 5.31. The van der Waals surface area contributed by atoms with Crippen LogP contribution in [0.1, 0.15) is 0 Å². The van der Waals surface area contributed by atoms with Gasteiger partial charge < -0.3 is 30.5 Å². The van der Waals surface area contributed by atoms with Crippen molar-refractivity contribution in [3.8, 4) is 0 Å². The number of hydrogen-bond donors (Lipinski definition) is 7. The maximum atomic E-state index is 10.00. The van der Waals surface area contributed by atoms with E-state index < -0.39 is 37.3 Å². The number of hydrazine groups is 1. The van der Waals surface area contributed by atoms with Crippen molar-refractivity contribution in [1.82, 2.24) is 10.9 Å². The molecule has 0 saturated carbocycles. The van der Waals surface area contributed by atoms with Crippen LogP contribution in [0.2, 0.25) is 0 Å². The Morgan fingerprint density at radius 2 is 1.91 bits per heavy atom. The van der Waals surface area contributed by atoms with Crippen LogP contribution in [0.3, 0.4) is 0 Å². The summed E-state index contributed by atoms with van der Waals surface area (Å²) in [7, 11) is 0. The molecular formula is C13H19N3O5S. The summed E-state index contributed by atoms with van der Waals surface area (Å²) in [6.45, 7) is -1.13. The lowest BCUT2D eigenvalue weighted by molar-refractivity contribution is -0.142. The van der Waals surface area contributed by atoms with E-state index in [4.69, 9.17) is 22.1 Å². The van der Waals surface area contributed by atoms with Crippen LogP contribution in [0.15, 0.2) is 30.3 Å². The fourth-order valence-corrected chi connectivity index (χ4v) is 2.32. The Labute approximate surface area is 132 Å². The van der Waals surface area contributed by atoms with Crippen molar-refractivity contribution in [1.29, 1.82) is 0 Å². The van der Waals surface area contributed by atoms with Gasteiger partial charge in [0, 0.05) is 5.69 Å². The summed E-state index contributed by atoms with van der Waals surface area (Å²) in [5, 5.41) is 41.4. The van der Waals surface area contributed by atoms with E-state index in [9.17, 15) is 15.3 Å². The number of thiocarbonyl (C=S) groups is 1. The lowest BCUT2D eigenvalue weighted by atomic mass is 10.0. The van der Waals surface area contributed by atoms with E-state index in [1.807, 2.05) is 30.3 Å². The molecule has 7 N–H and O–H groups in total. The second kappa shape index (κ2) is 7.29. The fraction of sp³-hybridized carbons (Fsp3) is 0.462. The molecule has 122 valence electrons. The highest BCUT2D eigenvalue weighted by Gasteiger charge is 2.54. The molecule has 1 aliphatic rings. The Morgan fingerprint density at radius 3 is 2.45 bits per heavy atom. The Hall–Kier alpha value is -1.33. The van der Waals surface area contributed by atoms with E-state index in [1.165, 1.54) is 0 Å². The lowest BCUT2D eigenvalue weighted by Crippen LogP contribution is -2.63. The summed E-state index contributed by atoms with van der Waals surface area (Å²) in [4.78, 5) is 0. The Bertz CT molecular complexity index is 506. The minimum absolute atomic E-state index is 0.178. The molecule has 1 fully saturated rings. The van der Waals surface area contributed by atoms with Gasteiger partial charge in [-0.05, 0) is 24.4 Å². The van der Waals surface area contributed by atoms with Crippen LogP contribution >= 0.6 is 12.2 Å². The van der Waals surface area contributed by atoms with Gasteiger partial charge in [0.25, 0.3) is 0 Å². The Balaban J connectivity index is 1.95. The number of aliphatic hydroxyl groups is 4. The topological polar surface area (TPSA) is 126 Å². The molecule has 22 heavy (non-hydrogen) atoms. The quantitative estimate of drug-likeness (QED) is 0.249. The zero-order valence-electron chi connectivity index (χ0n) is 11.6. The van der Waals surface area contributed by atoms with Crippen molar-refractivity contribution >= 4 is 23.0 Å². The van der Waals surface area contributed by atoms with Crippen molar-refractivity contribution in [2.75, 3.05) is 18.5 Å². The van der Waals surface area contributed by atoms with Gasteiger partial charge in [-0.3, -0.25) is 5.43 Å². The molecule has 2 rings (SSSR count). The fourth-order valence-electron chi connectivity index (χ4n) is 2.15. The van der Waals surface area contributed by atoms with Gasteiger partial charge in [0.2, 0.25) is 0 Å². The summed E-state index contributed by atoms with van der Waals surface area (Å²) in [5.74, 6) is 0. The molecule has 1 aromatic carbocycles. The van der Waals surface area contributed by atoms with Crippen LogP contribution in [0.25, 0.3) is 0 Å². The van der Waals surface area contributed by atoms with E-state index in [-0.39, 0.29) is 5.11 Å². The van der Waals surface area contributed by atoms with Crippen LogP contribution in [0.4, 0.5) is 5.69 Å². The number of anilines is 1. The SMILES string of the molecule is OC[C@@H]1O[C@](CO)(NNC(=S)Nc2ccccc2)[C@H](O)[C@H]1O. The normalized spacial score (nSPS) is 31.0. The Kier molecular flexibility index (Phi) is 5.64. The smallest absolute Gasteiger partial charge is 0.187 e. The number of nitrogens with one attached hydrogen (secondary N) is 3. The minimum atomic E-state index is -1.67. The molecule has 0 unspecified atom stereocenters. The molecule has 1 saturated heterocycles. The van der Waals surface area contributed by atoms with Gasteiger partial charge in [0.15, 0.2) is 10.8 Å². The van der Waals surface area contributed by atoms with Gasteiger partial charge in [-0.25, -0.2) is 0 Å². The maximum Gasteiger partial charge on any atom is 0.187 e. The molecule has 1 aliphatic heterocycles. The van der Waals surface area contributed by atoms with E-state index in [1.54, 1.807) is 0 Å². The lowest BCUT2D eigenvalue weighted by Gasteiger charge is -2.31. The third-order valence-electron chi connectivity index (χ3n) is 3.38. The first kappa shape index (κ1) is 17.0. The first-order valence-corrected chi connectivity index (χ1v) is 7.08. The van der Waals surface area contributed by atoms with Gasteiger partial charge in [0.05, 0.1) is 13.2 Å². The molecular weight excluding hydrogens is 310 g/mol. The zero-order chi connectivity index (χ0) is 16.2. The highest BCUT2D eigenvalue weighted by molar-refractivity contribution is 7.80. The molecule has 0 aliphatic carbocycles. The van der Waals surface area contributed by atoms with E-state index in [0.29, 0.717) is 0 Å². The number of rotatable bonds is 5. The standard InChI is InChI=1S/C13H19N3O5S/c17-6-9-10(19)11(20)13(7-18,21-9)16-15-12(22)14-8-4-2-1-3-5-8/h1-5,9-11,16-20H,6-7H2,(H2,14,15,22)/t9-,10-,11+,13-/m0/s1. The molecule has 0 amide bonds. The van der Waals surface area contributed by atoms with Crippen molar-refractivity contribution in [3.63, 3.8) is 0 Å².